The topological polar surface area (TPSA) is 48.8 Å². The highest BCUT2D eigenvalue weighted by Crippen LogP contribution is 2.23. The van der Waals surface area contributed by atoms with Gasteiger partial charge >= 0.3 is 0 Å². The lowest BCUT2D eigenvalue weighted by molar-refractivity contribution is 0.585. The number of anilines is 2. The van der Waals surface area contributed by atoms with E-state index in [1.165, 1.54) is 12.3 Å². The maximum Gasteiger partial charge on any atom is 0.214 e. The molecule has 0 unspecified atom stereocenters. The fourth-order valence-electron chi connectivity index (χ4n) is 1.38. The van der Waals surface area contributed by atoms with Gasteiger partial charge in [-0.1, -0.05) is 28.1 Å². The van der Waals surface area contributed by atoms with Crippen molar-refractivity contribution in [3.05, 3.63) is 52.4 Å². The van der Waals surface area contributed by atoms with Crippen molar-refractivity contribution in [3.63, 3.8) is 0 Å². The van der Waals surface area contributed by atoms with Gasteiger partial charge < -0.3 is 10.7 Å². The SMILES string of the molecule is N=Cc1ccc(Br)cc1Nc1cccc(F)n1. The zero-order valence-electron chi connectivity index (χ0n) is 8.74. The molecule has 0 saturated heterocycles. The molecule has 0 fully saturated rings. The Morgan fingerprint density at radius 2 is 2.12 bits per heavy atom. The average molecular weight is 294 g/mol. The lowest BCUT2D eigenvalue weighted by Gasteiger charge is -2.09. The maximum absolute atomic E-state index is 12.9. The van der Waals surface area contributed by atoms with Gasteiger partial charge in [-0.25, -0.2) is 4.98 Å². The molecule has 17 heavy (non-hydrogen) atoms. The summed E-state index contributed by atoms with van der Waals surface area (Å²) in [4.78, 5) is 3.71. The normalized spacial score (nSPS) is 10.0. The molecule has 2 aromatic rings. The number of hydrogen-bond donors (Lipinski definition) is 2. The molecule has 3 nitrogen and oxygen atoms in total. The van der Waals surface area contributed by atoms with E-state index in [4.69, 9.17) is 5.41 Å². The highest BCUT2D eigenvalue weighted by atomic mass is 79.9. The first kappa shape index (κ1) is 11.7. The van der Waals surface area contributed by atoms with Gasteiger partial charge in [-0.05, 0) is 24.3 Å². The third-order valence-electron chi connectivity index (χ3n) is 2.15. The van der Waals surface area contributed by atoms with E-state index in [0.717, 1.165) is 4.47 Å². The van der Waals surface area contributed by atoms with Crippen LogP contribution in [0.25, 0.3) is 0 Å². The minimum atomic E-state index is -0.540. The van der Waals surface area contributed by atoms with Crippen molar-refractivity contribution in [1.82, 2.24) is 4.98 Å². The fourth-order valence-corrected chi connectivity index (χ4v) is 1.74. The van der Waals surface area contributed by atoms with Crippen LogP contribution in [0, 0.1) is 11.4 Å². The summed E-state index contributed by atoms with van der Waals surface area (Å²) < 4.78 is 13.8. The molecule has 0 aliphatic rings. The van der Waals surface area contributed by atoms with Gasteiger partial charge in [0.05, 0.1) is 0 Å². The Morgan fingerprint density at radius 3 is 2.82 bits per heavy atom. The number of benzene rings is 1. The number of nitrogens with one attached hydrogen (secondary N) is 2. The summed E-state index contributed by atoms with van der Waals surface area (Å²) in [5.74, 6) is -0.132. The number of rotatable bonds is 3. The third kappa shape index (κ3) is 2.88. The average Bonchev–Trinajstić information content (AvgIpc) is 2.29. The second-order valence-electron chi connectivity index (χ2n) is 3.35. The molecule has 0 atom stereocenters. The van der Waals surface area contributed by atoms with E-state index in [0.29, 0.717) is 17.1 Å². The molecule has 86 valence electrons. The molecule has 2 rings (SSSR count). The molecule has 0 amide bonds. The second kappa shape index (κ2) is 5.05. The zero-order chi connectivity index (χ0) is 12.3. The number of pyridine rings is 1. The van der Waals surface area contributed by atoms with Crippen molar-refractivity contribution >= 4 is 33.6 Å². The van der Waals surface area contributed by atoms with E-state index < -0.39 is 5.95 Å². The van der Waals surface area contributed by atoms with Crippen molar-refractivity contribution in [2.45, 2.75) is 0 Å². The summed E-state index contributed by atoms with van der Waals surface area (Å²) in [6.45, 7) is 0. The summed E-state index contributed by atoms with van der Waals surface area (Å²) in [5.41, 5.74) is 1.41. The highest BCUT2D eigenvalue weighted by molar-refractivity contribution is 9.10. The first-order valence-corrected chi connectivity index (χ1v) is 5.68. The third-order valence-corrected chi connectivity index (χ3v) is 2.64. The molecule has 2 N–H and O–H groups in total. The van der Waals surface area contributed by atoms with Crippen molar-refractivity contribution in [2.75, 3.05) is 5.32 Å². The molecule has 1 aromatic carbocycles. The molecule has 0 bridgehead atoms. The Hall–Kier alpha value is -1.75. The Bertz CT molecular complexity index is 557. The van der Waals surface area contributed by atoms with Gasteiger partial charge in [0.2, 0.25) is 5.95 Å². The van der Waals surface area contributed by atoms with E-state index in [9.17, 15) is 4.39 Å². The first-order chi connectivity index (χ1) is 8.19. The van der Waals surface area contributed by atoms with E-state index in [2.05, 4.69) is 26.2 Å². The van der Waals surface area contributed by atoms with Crippen molar-refractivity contribution in [3.8, 4) is 0 Å². The van der Waals surface area contributed by atoms with Crippen LogP contribution in [0.5, 0.6) is 0 Å². The zero-order valence-corrected chi connectivity index (χ0v) is 10.3. The molecular formula is C12H9BrFN3. The van der Waals surface area contributed by atoms with Gasteiger partial charge in [0, 0.05) is 21.9 Å². The lowest BCUT2D eigenvalue weighted by atomic mass is 10.2. The van der Waals surface area contributed by atoms with Crippen LogP contribution in [0.1, 0.15) is 5.56 Å². The minimum Gasteiger partial charge on any atom is -0.340 e. The summed E-state index contributed by atoms with van der Waals surface area (Å²) in [7, 11) is 0. The van der Waals surface area contributed by atoms with Gasteiger partial charge in [-0.2, -0.15) is 4.39 Å². The number of hydrogen-bond acceptors (Lipinski definition) is 3. The van der Waals surface area contributed by atoms with Gasteiger partial charge in [0.15, 0.2) is 0 Å². The summed E-state index contributed by atoms with van der Waals surface area (Å²) in [6.07, 6.45) is 1.23. The monoisotopic (exact) mass is 293 g/mol. The van der Waals surface area contributed by atoms with Crippen LogP contribution in [-0.4, -0.2) is 11.2 Å². The van der Waals surface area contributed by atoms with Crippen LogP contribution in [0.15, 0.2) is 40.9 Å². The van der Waals surface area contributed by atoms with Crippen LogP contribution in [-0.2, 0) is 0 Å². The van der Waals surface area contributed by atoms with Gasteiger partial charge in [0.25, 0.3) is 0 Å². The maximum atomic E-state index is 12.9. The predicted octanol–water partition coefficient (Wildman–Crippen LogP) is 3.72. The van der Waals surface area contributed by atoms with Crippen LogP contribution in [0.4, 0.5) is 15.9 Å². The first-order valence-electron chi connectivity index (χ1n) is 4.88. The largest absolute Gasteiger partial charge is 0.340 e. The lowest BCUT2D eigenvalue weighted by Crippen LogP contribution is -1.98. The van der Waals surface area contributed by atoms with Crippen molar-refractivity contribution < 1.29 is 4.39 Å². The number of nitrogens with zero attached hydrogens (tertiary/aromatic N) is 1. The molecule has 0 aliphatic heterocycles. The summed E-state index contributed by atoms with van der Waals surface area (Å²) >= 11 is 3.34. The number of aromatic nitrogens is 1. The molecule has 0 aliphatic carbocycles. The van der Waals surface area contributed by atoms with Gasteiger partial charge in [-0.3, -0.25) is 0 Å². The summed E-state index contributed by atoms with van der Waals surface area (Å²) in [6, 6.07) is 9.96. The van der Waals surface area contributed by atoms with E-state index >= 15 is 0 Å². The Labute approximate surface area is 106 Å². The Balaban J connectivity index is 2.35. The van der Waals surface area contributed by atoms with Crippen LogP contribution in [0.3, 0.4) is 0 Å². The summed E-state index contributed by atoms with van der Waals surface area (Å²) in [5, 5.41) is 10.3. The highest BCUT2D eigenvalue weighted by Gasteiger charge is 2.03. The predicted molar refractivity (Wildman–Crippen MR) is 69.5 cm³/mol. The Kier molecular flexibility index (Phi) is 3.49. The molecule has 5 heteroatoms. The molecular weight excluding hydrogens is 285 g/mol. The minimum absolute atomic E-state index is 0.409. The molecule has 1 aromatic heterocycles. The standard InChI is InChI=1S/C12H9BrFN3/c13-9-5-4-8(7-15)10(6-9)16-12-3-1-2-11(14)17-12/h1-7,15H,(H,16,17). The second-order valence-corrected chi connectivity index (χ2v) is 4.26. The van der Waals surface area contributed by atoms with Crippen LogP contribution in [0.2, 0.25) is 0 Å². The Morgan fingerprint density at radius 1 is 1.29 bits per heavy atom. The molecule has 0 radical (unpaired) electrons. The molecule has 1 heterocycles. The number of halogens is 2. The van der Waals surface area contributed by atoms with Crippen molar-refractivity contribution in [2.24, 2.45) is 0 Å². The smallest absolute Gasteiger partial charge is 0.214 e. The van der Waals surface area contributed by atoms with Gasteiger partial charge in [0.1, 0.15) is 5.82 Å². The molecule has 0 saturated carbocycles. The quantitative estimate of drug-likeness (QED) is 0.669. The van der Waals surface area contributed by atoms with Gasteiger partial charge in [-0.15, -0.1) is 0 Å². The van der Waals surface area contributed by atoms with Crippen LogP contribution >= 0.6 is 15.9 Å². The van der Waals surface area contributed by atoms with E-state index in [1.807, 2.05) is 12.1 Å². The van der Waals surface area contributed by atoms with E-state index in [1.54, 1.807) is 18.2 Å². The fraction of sp³-hybridized carbons (Fsp3) is 0. The van der Waals surface area contributed by atoms with Crippen LogP contribution < -0.4 is 5.32 Å². The van der Waals surface area contributed by atoms with E-state index in [-0.39, 0.29) is 0 Å². The van der Waals surface area contributed by atoms with Crippen molar-refractivity contribution in [1.29, 1.82) is 5.41 Å². The molecule has 0 spiro atoms.